The molecule has 0 aliphatic carbocycles. The number of nitroso groups, excluding NO2 is 1. The van der Waals surface area contributed by atoms with Crippen LogP contribution >= 0.6 is 0 Å². The molecule has 2 heteroatoms. The van der Waals surface area contributed by atoms with E-state index in [0.717, 1.165) is 17.6 Å². The van der Waals surface area contributed by atoms with E-state index in [1.807, 2.05) is 32.1 Å². The summed E-state index contributed by atoms with van der Waals surface area (Å²) < 4.78 is 0. The van der Waals surface area contributed by atoms with E-state index in [2.05, 4.69) is 37.4 Å². The first-order chi connectivity index (χ1) is 11.1. The Balaban J connectivity index is 4.72. The number of rotatable bonds is 12. The molecule has 0 aromatic carbocycles. The van der Waals surface area contributed by atoms with Gasteiger partial charge in [0.1, 0.15) is 5.70 Å². The highest BCUT2D eigenvalue weighted by Gasteiger charge is 2.06. The molecular formula is C21H33NO. The average Bonchev–Trinajstić information content (AvgIpc) is 2.53. The van der Waals surface area contributed by atoms with Gasteiger partial charge >= 0.3 is 0 Å². The molecular weight excluding hydrogens is 282 g/mol. The molecule has 0 aromatic heterocycles. The highest BCUT2D eigenvalue weighted by molar-refractivity contribution is 5.26. The Hall–Kier alpha value is -1.66. The summed E-state index contributed by atoms with van der Waals surface area (Å²) in [7, 11) is 0. The molecule has 1 atom stereocenters. The normalized spacial score (nSPS) is 13.2. The number of hydrogen-bond acceptors (Lipinski definition) is 2. The molecule has 0 N–H and O–H groups in total. The highest BCUT2D eigenvalue weighted by atomic mass is 16.3. The van der Waals surface area contributed by atoms with Crippen LogP contribution in [-0.2, 0) is 0 Å². The summed E-state index contributed by atoms with van der Waals surface area (Å²) >= 11 is 0. The number of nitrogens with zero attached hydrogens (tertiary/aromatic N) is 1. The van der Waals surface area contributed by atoms with E-state index in [1.54, 1.807) is 0 Å². The summed E-state index contributed by atoms with van der Waals surface area (Å²) in [6.07, 6.45) is 15.9. The quantitative estimate of drug-likeness (QED) is 0.122. The topological polar surface area (TPSA) is 29.4 Å². The molecule has 23 heavy (non-hydrogen) atoms. The third kappa shape index (κ3) is 10.7. The van der Waals surface area contributed by atoms with Crippen LogP contribution in [0.15, 0.2) is 58.6 Å². The Labute approximate surface area is 142 Å². The summed E-state index contributed by atoms with van der Waals surface area (Å²) in [5, 5.41) is 3.17. The monoisotopic (exact) mass is 315 g/mol. The van der Waals surface area contributed by atoms with Crippen LogP contribution in [0.25, 0.3) is 0 Å². The fourth-order valence-corrected chi connectivity index (χ4v) is 2.37. The minimum Gasteiger partial charge on any atom is -0.145 e. The molecule has 0 amide bonds. The van der Waals surface area contributed by atoms with Crippen LogP contribution in [0.4, 0.5) is 0 Å². The van der Waals surface area contributed by atoms with Gasteiger partial charge in [-0.2, -0.15) is 0 Å². The van der Waals surface area contributed by atoms with Gasteiger partial charge in [-0.05, 0) is 68.5 Å². The van der Waals surface area contributed by atoms with Crippen LogP contribution < -0.4 is 0 Å². The van der Waals surface area contributed by atoms with Crippen molar-refractivity contribution in [2.24, 2.45) is 11.1 Å². The Kier molecular flexibility index (Phi) is 13.0. The van der Waals surface area contributed by atoms with Crippen molar-refractivity contribution in [3.05, 3.63) is 58.4 Å². The molecule has 0 aromatic rings. The Morgan fingerprint density at radius 3 is 2.48 bits per heavy atom. The lowest BCUT2D eigenvalue weighted by Crippen LogP contribution is -1.98. The van der Waals surface area contributed by atoms with Gasteiger partial charge in [0.2, 0.25) is 0 Å². The van der Waals surface area contributed by atoms with Gasteiger partial charge in [-0.25, -0.2) is 0 Å². The molecule has 1 unspecified atom stereocenters. The van der Waals surface area contributed by atoms with E-state index in [9.17, 15) is 4.91 Å². The van der Waals surface area contributed by atoms with Crippen molar-refractivity contribution in [1.29, 1.82) is 0 Å². The molecule has 0 aliphatic rings. The fraction of sp³-hybridized carbons (Fsp3) is 0.571. The summed E-state index contributed by atoms with van der Waals surface area (Å²) in [6, 6.07) is 0. The maximum atomic E-state index is 11.1. The van der Waals surface area contributed by atoms with Gasteiger partial charge in [-0.15, -0.1) is 10.6 Å². The summed E-state index contributed by atoms with van der Waals surface area (Å²) in [5.41, 5.74) is 5.66. The van der Waals surface area contributed by atoms with E-state index in [-0.39, 0.29) is 0 Å². The molecule has 0 saturated carbocycles. The first kappa shape index (κ1) is 21.3. The molecule has 128 valence electrons. The van der Waals surface area contributed by atoms with E-state index < -0.39 is 0 Å². The SMILES string of the molecule is C=C(C)C(/C=C/C(N=O)=C(\C)CC=C=CC)CCCCCCC. The zero-order chi connectivity index (χ0) is 17.5. The van der Waals surface area contributed by atoms with Crippen LogP contribution in [0.5, 0.6) is 0 Å². The maximum Gasteiger partial charge on any atom is 0.106 e. The van der Waals surface area contributed by atoms with E-state index in [0.29, 0.717) is 18.0 Å². The Bertz CT molecular complexity index is 476. The molecule has 0 rings (SSSR count). The lowest BCUT2D eigenvalue weighted by molar-refractivity contribution is 0.563. The third-order valence-corrected chi connectivity index (χ3v) is 3.97. The van der Waals surface area contributed by atoms with Crippen molar-refractivity contribution in [3.8, 4) is 0 Å². The lowest BCUT2D eigenvalue weighted by Gasteiger charge is -2.12. The molecule has 2 nitrogen and oxygen atoms in total. The van der Waals surface area contributed by atoms with E-state index >= 15 is 0 Å². The summed E-state index contributed by atoms with van der Waals surface area (Å²) in [6.45, 7) is 12.2. The van der Waals surface area contributed by atoms with Gasteiger partial charge in [-0.1, -0.05) is 57.3 Å². The van der Waals surface area contributed by atoms with E-state index in [4.69, 9.17) is 0 Å². The standard InChI is InChI=1S/C21H33NO/c1-6-8-10-11-13-15-20(18(3)4)16-17-21(22-23)19(5)14-12-9-7-2/h7,12,16-17,20H,3,6,8,10-11,13-15H2,1-2,4-5H3/b17-16+,21-19-. The number of allylic oxidation sites excluding steroid dienone is 5. The lowest BCUT2D eigenvalue weighted by atomic mass is 9.93. The maximum absolute atomic E-state index is 11.1. The van der Waals surface area contributed by atoms with Gasteiger partial charge in [0, 0.05) is 0 Å². The van der Waals surface area contributed by atoms with Crippen molar-refractivity contribution in [1.82, 2.24) is 0 Å². The minimum atomic E-state index is 0.326. The van der Waals surface area contributed by atoms with Crippen LogP contribution in [-0.4, -0.2) is 0 Å². The predicted molar refractivity (Wildman–Crippen MR) is 102 cm³/mol. The van der Waals surface area contributed by atoms with Gasteiger partial charge in [0.15, 0.2) is 0 Å². The first-order valence-corrected chi connectivity index (χ1v) is 8.79. The van der Waals surface area contributed by atoms with Crippen LogP contribution in [0.2, 0.25) is 0 Å². The number of unbranched alkanes of at least 4 members (excludes halogenated alkanes) is 4. The molecule has 0 saturated heterocycles. The largest absolute Gasteiger partial charge is 0.145 e. The highest BCUT2D eigenvalue weighted by Crippen LogP contribution is 2.21. The smallest absolute Gasteiger partial charge is 0.106 e. The second kappa shape index (κ2) is 14.0. The third-order valence-electron chi connectivity index (χ3n) is 3.97. The first-order valence-electron chi connectivity index (χ1n) is 8.79. The fourth-order valence-electron chi connectivity index (χ4n) is 2.37. The molecule has 0 bridgehead atoms. The van der Waals surface area contributed by atoms with Gasteiger partial charge in [0.05, 0.1) is 0 Å². The van der Waals surface area contributed by atoms with Crippen molar-refractivity contribution in [2.45, 2.75) is 72.6 Å². The minimum absolute atomic E-state index is 0.326. The van der Waals surface area contributed by atoms with Crippen molar-refractivity contribution >= 4 is 0 Å². The van der Waals surface area contributed by atoms with Gasteiger partial charge in [-0.3, -0.25) is 0 Å². The van der Waals surface area contributed by atoms with Crippen LogP contribution in [0, 0.1) is 10.8 Å². The van der Waals surface area contributed by atoms with Crippen LogP contribution in [0.3, 0.4) is 0 Å². The second-order valence-corrected chi connectivity index (χ2v) is 6.14. The zero-order valence-corrected chi connectivity index (χ0v) is 15.4. The summed E-state index contributed by atoms with van der Waals surface area (Å²) in [4.78, 5) is 11.1. The molecule has 0 aliphatic heterocycles. The molecule has 0 spiro atoms. The Morgan fingerprint density at radius 2 is 1.91 bits per heavy atom. The molecule has 0 fully saturated rings. The zero-order valence-electron chi connectivity index (χ0n) is 15.4. The molecule has 0 heterocycles. The van der Waals surface area contributed by atoms with Crippen LogP contribution in [0.1, 0.15) is 72.6 Å². The Morgan fingerprint density at radius 1 is 1.22 bits per heavy atom. The predicted octanol–water partition coefficient (Wildman–Crippen LogP) is 7.26. The average molecular weight is 316 g/mol. The van der Waals surface area contributed by atoms with Gasteiger partial charge in [0.25, 0.3) is 0 Å². The van der Waals surface area contributed by atoms with Gasteiger partial charge < -0.3 is 0 Å². The summed E-state index contributed by atoms with van der Waals surface area (Å²) in [5.74, 6) is 0.326. The van der Waals surface area contributed by atoms with Crippen molar-refractivity contribution in [3.63, 3.8) is 0 Å². The number of hydrogen-bond donors (Lipinski definition) is 0. The molecule has 0 radical (unpaired) electrons. The second-order valence-electron chi connectivity index (χ2n) is 6.14. The van der Waals surface area contributed by atoms with Crippen molar-refractivity contribution < 1.29 is 0 Å². The van der Waals surface area contributed by atoms with E-state index in [1.165, 1.54) is 32.1 Å². The van der Waals surface area contributed by atoms with Crippen molar-refractivity contribution in [2.75, 3.05) is 0 Å².